The number of aromatic amines is 1. The van der Waals surface area contributed by atoms with Crippen LogP contribution in [0.2, 0.25) is 0 Å². The molecule has 194 valence electrons. The Morgan fingerprint density at radius 2 is 2.05 bits per heavy atom. The van der Waals surface area contributed by atoms with Crippen LogP contribution in [0, 0.1) is 6.92 Å². The molecule has 1 saturated carbocycles. The highest BCUT2D eigenvalue weighted by atomic mass is 32.1. The Hall–Kier alpha value is -2.88. The molecule has 1 aliphatic carbocycles. The standard InChI is InChI=1S/C28H34N6O2S/c1-19-8-5-9-20-16-24(28(35)29-25(19)20)26(27-30-31-32-34(27)21-10-3-2-4-11-21)33(17-22-12-6-14-36-22)18-23-13-7-15-37-23/h5,7-9,13,15-16,21-22,26H,2-4,6,10-12,14,17-18H2,1H3,(H,29,35). The van der Waals surface area contributed by atoms with E-state index in [9.17, 15) is 4.79 Å². The minimum atomic E-state index is -0.392. The molecule has 4 aromatic rings. The predicted molar refractivity (Wildman–Crippen MR) is 145 cm³/mol. The fourth-order valence-electron chi connectivity index (χ4n) is 5.98. The maximum atomic E-state index is 13.8. The number of nitrogens with one attached hydrogen (secondary N) is 1. The van der Waals surface area contributed by atoms with Gasteiger partial charge >= 0.3 is 0 Å². The van der Waals surface area contributed by atoms with Crippen LogP contribution in [-0.4, -0.2) is 49.3 Å². The van der Waals surface area contributed by atoms with Gasteiger partial charge < -0.3 is 9.72 Å². The summed E-state index contributed by atoms with van der Waals surface area (Å²) in [5, 5.41) is 16.4. The smallest absolute Gasteiger partial charge is 0.253 e. The number of aromatic nitrogens is 5. The molecule has 0 spiro atoms. The normalized spacial score (nSPS) is 19.7. The number of aryl methyl sites for hydroxylation is 1. The van der Waals surface area contributed by atoms with Crippen molar-refractivity contribution < 1.29 is 4.74 Å². The van der Waals surface area contributed by atoms with Gasteiger partial charge in [-0.15, -0.1) is 16.4 Å². The Balaban J connectivity index is 1.50. The Kier molecular flexibility index (Phi) is 7.17. The molecule has 0 amide bonds. The molecule has 2 aliphatic rings. The Bertz CT molecular complexity index is 1390. The zero-order valence-corrected chi connectivity index (χ0v) is 22.1. The molecule has 1 saturated heterocycles. The lowest BCUT2D eigenvalue weighted by Gasteiger charge is -2.33. The predicted octanol–water partition coefficient (Wildman–Crippen LogP) is 5.16. The summed E-state index contributed by atoms with van der Waals surface area (Å²) < 4.78 is 8.10. The van der Waals surface area contributed by atoms with Gasteiger partial charge in [0.1, 0.15) is 6.04 Å². The van der Waals surface area contributed by atoms with Crippen molar-refractivity contribution in [1.29, 1.82) is 0 Å². The van der Waals surface area contributed by atoms with Crippen molar-refractivity contribution in [2.45, 2.75) is 76.6 Å². The topological polar surface area (TPSA) is 88.9 Å². The lowest BCUT2D eigenvalue weighted by atomic mass is 9.95. The lowest BCUT2D eigenvalue weighted by molar-refractivity contribution is 0.0571. The monoisotopic (exact) mass is 518 g/mol. The van der Waals surface area contributed by atoms with Crippen molar-refractivity contribution in [3.05, 3.63) is 74.0 Å². The first kappa shape index (κ1) is 24.5. The third-order valence-electron chi connectivity index (χ3n) is 7.86. The number of hydrogen-bond donors (Lipinski definition) is 1. The largest absolute Gasteiger partial charge is 0.377 e. The highest BCUT2D eigenvalue weighted by Crippen LogP contribution is 2.35. The van der Waals surface area contributed by atoms with E-state index in [1.165, 1.54) is 24.1 Å². The highest BCUT2D eigenvalue weighted by Gasteiger charge is 2.35. The summed E-state index contributed by atoms with van der Waals surface area (Å²) in [6.45, 7) is 4.23. The molecule has 2 unspecified atom stereocenters. The second kappa shape index (κ2) is 10.8. The molecule has 1 N–H and O–H groups in total. The van der Waals surface area contributed by atoms with Crippen LogP contribution >= 0.6 is 11.3 Å². The molecule has 9 heteroatoms. The van der Waals surface area contributed by atoms with E-state index in [0.717, 1.165) is 54.6 Å². The van der Waals surface area contributed by atoms with Crippen LogP contribution in [0.4, 0.5) is 0 Å². The number of hydrogen-bond acceptors (Lipinski definition) is 7. The van der Waals surface area contributed by atoms with Crippen LogP contribution in [0.25, 0.3) is 10.9 Å². The summed E-state index contributed by atoms with van der Waals surface area (Å²) >= 11 is 1.73. The molecule has 3 aromatic heterocycles. The molecular weight excluding hydrogens is 484 g/mol. The number of benzene rings is 1. The summed E-state index contributed by atoms with van der Waals surface area (Å²) in [5.74, 6) is 0.749. The fraction of sp³-hybridized carbons (Fsp3) is 0.500. The molecule has 1 aliphatic heterocycles. The zero-order chi connectivity index (χ0) is 25.2. The fourth-order valence-corrected chi connectivity index (χ4v) is 6.71. The van der Waals surface area contributed by atoms with Gasteiger partial charge in [-0.1, -0.05) is 43.5 Å². The molecular formula is C28H34N6O2S. The van der Waals surface area contributed by atoms with Crippen molar-refractivity contribution in [3.8, 4) is 0 Å². The first-order valence-electron chi connectivity index (χ1n) is 13.5. The van der Waals surface area contributed by atoms with E-state index in [2.05, 4.69) is 49.0 Å². The van der Waals surface area contributed by atoms with Crippen LogP contribution in [0.15, 0.2) is 46.6 Å². The van der Waals surface area contributed by atoms with E-state index >= 15 is 0 Å². The molecule has 1 aromatic carbocycles. The van der Waals surface area contributed by atoms with Crippen molar-refractivity contribution in [2.75, 3.05) is 13.2 Å². The van der Waals surface area contributed by atoms with E-state index in [0.29, 0.717) is 18.7 Å². The Labute approximate surface area is 220 Å². The van der Waals surface area contributed by atoms with Crippen LogP contribution < -0.4 is 5.56 Å². The second-order valence-electron chi connectivity index (χ2n) is 10.4. The third-order valence-corrected chi connectivity index (χ3v) is 8.72. The van der Waals surface area contributed by atoms with Crippen LogP contribution in [0.1, 0.15) is 78.9 Å². The lowest BCUT2D eigenvalue weighted by Crippen LogP contribution is -2.39. The van der Waals surface area contributed by atoms with Gasteiger partial charge in [0.25, 0.3) is 5.56 Å². The average Bonchev–Trinajstić information content (AvgIpc) is 3.70. The quantitative estimate of drug-likeness (QED) is 0.347. The van der Waals surface area contributed by atoms with Crippen molar-refractivity contribution in [1.82, 2.24) is 30.1 Å². The SMILES string of the molecule is Cc1cccc2cc(C(c3nnnn3C3CCCCC3)N(Cc3cccs3)CC3CCCO3)c(=O)[nH]c12. The molecule has 0 bridgehead atoms. The molecule has 2 fully saturated rings. The summed E-state index contributed by atoms with van der Waals surface area (Å²) in [6.07, 6.45) is 7.96. The van der Waals surface area contributed by atoms with Crippen LogP contribution in [-0.2, 0) is 11.3 Å². The summed E-state index contributed by atoms with van der Waals surface area (Å²) in [5.41, 5.74) is 2.53. The highest BCUT2D eigenvalue weighted by molar-refractivity contribution is 7.09. The van der Waals surface area contributed by atoms with E-state index in [-0.39, 0.29) is 17.7 Å². The van der Waals surface area contributed by atoms with E-state index in [1.54, 1.807) is 11.3 Å². The third kappa shape index (κ3) is 5.12. The van der Waals surface area contributed by atoms with Crippen LogP contribution in [0.3, 0.4) is 0 Å². The van der Waals surface area contributed by atoms with Gasteiger partial charge in [-0.2, -0.15) is 0 Å². The Morgan fingerprint density at radius 3 is 2.84 bits per heavy atom. The van der Waals surface area contributed by atoms with Gasteiger partial charge in [0, 0.05) is 30.1 Å². The zero-order valence-electron chi connectivity index (χ0n) is 21.3. The maximum absolute atomic E-state index is 13.8. The molecule has 6 rings (SSSR count). The number of ether oxygens (including phenoxy) is 1. The average molecular weight is 519 g/mol. The van der Waals surface area contributed by atoms with Gasteiger partial charge in [-0.25, -0.2) is 4.68 Å². The molecule has 8 nitrogen and oxygen atoms in total. The summed E-state index contributed by atoms with van der Waals surface area (Å²) in [7, 11) is 0. The molecule has 2 atom stereocenters. The van der Waals surface area contributed by atoms with Gasteiger partial charge in [0.2, 0.25) is 0 Å². The number of nitrogens with zero attached hydrogens (tertiary/aromatic N) is 5. The molecule has 0 radical (unpaired) electrons. The maximum Gasteiger partial charge on any atom is 0.253 e. The number of para-hydroxylation sites is 1. The number of tetrazole rings is 1. The van der Waals surface area contributed by atoms with E-state index < -0.39 is 6.04 Å². The van der Waals surface area contributed by atoms with Crippen molar-refractivity contribution in [3.63, 3.8) is 0 Å². The van der Waals surface area contributed by atoms with Crippen LogP contribution in [0.5, 0.6) is 0 Å². The second-order valence-corrected chi connectivity index (χ2v) is 11.4. The van der Waals surface area contributed by atoms with Gasteiger partial charge in [-0.05, 0) is 71.5 Å². The molecule has 37 heavy (non-hydrogen) atoms. The minimum absolute atomic E-state index is 0.0893. The van der Waals surface area contributed by atoms with Gasteiger partial charge in [0.15, 0.2) is 5.82 Å². The first-order valence-corrected chi connectivity index (χ1v) is 14.3. The van der Waals surface area contributed by atoms with Gasteiger partial charge in [0.05, 0.1) is 17.7 Å². The number of fused-ring (bicyclic) bond motifs is 1. The molecule has 4 heterocycles. The number of pyridine rings is 1. The number of H-pyrrole nitrogens is 1. The summed E-state index contributed by atoms with van der Waals surface area (Å²) in [6, 6.07) is 12.3. The number of rotatable bonds is 8. The number of thiophene rings is 1. The Morgan fingerprint density at radius 1 is 1.16 bits per heavy atom. The van der Waals surface area contributed by atoms with E-state index in [4.69, 9.17) is 4.74 Å². The van der Waals surface area contributed by atoms with Crippen molar-refractivity contribution in [2.24, 2.45) is 0 Å². The van der Waals surface area contributed by atoms with E-state index in [1.807, 2.05) is 29.8 Å². The minimum Gasteiger partial charge on any atom is -0.377 e. The van der Waals surface area contributed by atoms with Crippen molar-refractivity contribution >= 4 is 22.2 Å². The first-order chi connectivity index (χ1) is 18.2. The summed E-state index contributed by atoms with van der Waals surface area (Å²) in [4.78, 5) is 20.6. The van der Waals surface area contributed by atoms with Gasteiger partial charge in [-0.3, -0.25) is 9.69 Å².